The predicted octanol–water partition coefficient (Wildman–Crippen LogP) is 1.64. The summed E-state index contributed by atoms with van der Waals surface area (Å²) in [5.41, 5.74) is 1.18. The second-order valence-corrected chi connectivity index (χ2v) is 6.68. The lowest BCUT2D eigenvalue weighted by atomic mass is 10.3. The molecule has 0 aliphatic carbocycles. The van der Waals surface area contributed by atoms with Gasteiger partial charge < -0.3 is 5.32 Å². The number of aromatic amines is 1. The van der Waals surface area contributed by atoms with Gasteiger partial charge in [-0.15, -0.1) is 0 Å². The van der Waals surface area contributed by atoms with Gasteiger partial charge in [-0.1, -0.05) is 20.8 Å². The fourth-order valence-corrected chi connectivity index (χ4v) is 4.11. The first-order valence-corrected chi connectivity index (χ1v) is 8.67. The average Bonchev–Trinajstić information content (AvgIpc) is 2.78. The van der Waals surface area contributed by atoms with Crippen LogP contribution in [0.1, 0.15) is 45.0 Å². The molecule has 0 unspecified atom stereocenters. The molecule has 20 heavy (non-hydrogen) atoms. The minimum Gasteiger partial charge on any atom is -0.311 e. The summed E-state index contributed by atoms with van der Waals surface area (Å²) in [5, 5.41) is 10.1. The molecule has 0 aliphatic heterocycles. The summed E-state index contributed by atoms with van der Waals surface area (Å²) in [7, 11) is -3.47. The van der Waals surface area contributed by atoms with Crippen LogP contribution in [-0.4, -0.2) is 42.6 Å². The smallest absolute Gasteiger partial charge is 0.246 e. The van der Waals surface area contributed by atoms with Crippen LogP contribution in [-0.2, 0) is 16.6 Å². The Morgan fingerprint density at radius 3 is 2.30 bits per heavy atom. The van der Waals surface area contributed by atoms with Crippen LogP contribution in [0.15, 0.2) is 4.90 Å². The molecule has 1 rings (SSSR count). The molecular formula is C13H26N4O2S. The number of H-pyrrole nitrogens is 1. The molecule has 0 fully saturated rings. The average molecular weight is 302 g/mol. The van der Waals surface area contributed by atoms with Crippen molar-refractivity contribution < 1.29 is 8.42 Å². The molecule has 6 nitrogen and oxygen atoms in total. The van der Waals surface area contributed by atoms with Crippen molar-refractivity contribution in [2.24, 2.45) is 0 Å². The SMILES string of the molecule is CCCN(CCC)S(=O)(=O)c1c(CNCC)n[nH]c1C. The Morgan fingerprint density at radius 2 is 1.80 bits per heavy atom. The largest absolute Gasteiger partial charge is 0.311 e. The number of rotatable bonds is 9. The summed E-state index contributed by atoms with van der Waals surface area (Å²) < 4.78 is 27.2. The molecule has 0 bridgehead atoms. The van der Waals surface area contributed by atoms with Gasteiger partial charge in [0.1, 0.15) is 4.90 Å². The maximum absolute atomic E-state index is 12.8. The highest BCUT2D eigenvalue weighted by Gasteiger charge is 2.29. The van der Waals surface area contributed by atoms with E-state index in [-0.39, 0.29) is 0 Å². The van der Waals surface area contributed by atoms with Crippen molar-refractivity contribution in [2.45, 2.75) is 52.0 Å². The van der Waals surface area contributed by atoms with Gasteiger partial charge >= 0.3 is 0 Å². The number of nitrogens with zero attached hydrogens (tertiary/aromatic N) is 2. The molecule has 0 spiro atoms. The van der Waals surface area contributed by atoms with Gasteiger partial charge in [0, 0.05) is 19.6 Å². The number of hydrogen-bond acceptors (Lipinski definition) is 4. The number of aryl methyl sites for hydroxylation is 1. The van der Waals surface area contributed by atoms with E-state index in [1.165, 1.54) is 0 Å². The summed E-state index contributed by atoms with van der Waals surface area (Å²) in [5.74, 6) is 0. The first-order valence-electron chi connectivity index (χ1n) is 7.23. The van der Waals surface area contributed by atoms with Crippen molar-refractivity contribution in [1.82, 2.24) is 19.8 Å². The van der Waals surface area contributed by atoms with Crippen LogP contribution in [0.3, 0.4) is 0 Å². The van der Waals surface area contributed by atoms with Crippen molar-refractivity contribution in [1.29, 1.82) is 0 Å². The number of nitrogens with one attached hydrogen (secondary N) is 2. The summed E-state index contributed by atoms with van der Waals surface area (Å²) in [6, 6.07) is 0. The zero-order valence-electron chi connectivity index (χ0n) is 12.9. The fraction of sp³-hybridized carbons (Fsp3) is 0.769. The Balaban J connectivity index is 3.15. The molecular weight excluding hydrogens is 276 g/mol. The lowest BCUT2D eigenvalue weighted by Gasteiger charge is -2.21. The lowest BCUT2D eigenvalue weighted by Crippen LogP contribution is -2.33. The molecule has 0 radical (unpaired) electrons. The van der Waals surface area contributed by atoms with Gasteiger partial charge in [0.05, 0.1) is 11.4 Å². The number of hydrogen-bond donors (Lipinski definition) is 2. The molecule has 0 amide bonds. The van der Waals surface area contributed by atoms with E-state index >= 15 is 0 Å². The third-order valence-electron chi connectivity index (χ3n) is 3.05. The van der Waals surface area contributed by atoms with Crippen molar-refractivity contribution in [2.75, 3.05) is 19.6 Å². The fourth-order valence-electron chi connectivity index (χ4n) is 2.15. The van der Waals surface area contributed by atoms with E-state index in [1.54, 1.807) is 11.2 Å². The van der Waals surface area contributed by atoms with E-state index in [2.05, 4.69) is 15.5 Å². The second kappa shape index (κ2) is 7.75. The van der Waals surface area contributed by atoms with Crippen LogP contribution in [0.2, 0.25) is 0 Å². The second-order valence-electron chi connectivity index (χ2n) is 4.81. The number of aromatic nitrogens is 2. The zero-order valence-corrected chi connectivity index (χ0v) is 13.7. The third-order valence-corrected chi connectivity index (χ3v) is 5.15. The standard InChI is InChI=1S/C13H26N4O2S/c1-5-8-17(9-6-2)20(18,19)13-11(4)15-16-12(13)10-14-7-3/h14H,5-10H2,1-4H3,(H,15,16). The minimum absolute atomic E-state index is 0.334. The molecule has 116 valence electrons. The number of sulfonamides is 1. The molecule has 2 N–H and O–H groups in total. The molecule has 7 heteroatoms. The van der Waals surface area contributed by atoms with Gasteiger partial charge in [0.2, 0.25) is 10.0 Å². The van der Waals surface area contributed by atoms with Gasteiger partial charge in [-0.2, -0.15) is 9.40 Å². The monoisotopic (exact) mass is 302 g/mol. The van der Waals surface area contributed by atoms with Crippen molar-refractivity contribution in [3.8, 4) is 0 Å². The Kier molecular flexibility index (Phi) is 6.64. The van der Waals surface area contributed by atoms with E-state index in [0.717, 1.165) is 19.4 Å². The summed E-state index contributed by atoms with van der Waals surface area (Å²) in [6.07, 6.45) is 1.61. The van der Waals surface area contributed by atoms with E-state index in [9.17, 15) is 8.42 Å². The van der Waals surface area contributed by atoms with Crippen LogP contribution >= 0.6 is 0 Å². The van der Waals surface area contributed by atoms with E-state index in [4.69, 9.17) is 0 Å². The van der Waals surface area contributed by atoms with E-state index in [0.29, 0.717) is 35.9 Å². The molecule has 0 saturated heterocycles. The Labute approximate surface area is 122 Å². The first-order chi connectivity index (χ1) is 9.48. The molecule has 1 heterocycles. The van der Waals surface area contributed by atoms with E-state index < -0.39 is 10.0 Å². The highest BCUT2D eigenvalue weighted by Crippen LogP contribution is 2.22. The van der Waals surface area contributed by atoms with Crippen LogP contribution in [0.4, 0.5) is 0 Å². The maximum atomic E-state index is 12.8. The van der Waals surface area contributed by atoms with Gasteiger partial charge in [-0.25, -0.2) is 8.42 Å². The molecule has 0 aromatic carbocycles. The molecule has 0 atom stereocenters. The van der Waals surface area contributed by atoms with Gasteiger partial charge in [0.15, 0.2) is 0 Å². The third kappa shape index (κ3) is 3.80. The topological polar surface area (TPSA) is 78.1 Å². The predicted molar refractivity (Wildman–Crippen MR) is 80.0 cm³/mol. The molecule has 0 saturated carbocycles. The Hall–Kier alpha value is -0.920. The summed E-state index contributed by atoms with van der Waals surface area (Å²) in [4.78, 5) is 0.334. The summed E-state index contributed by atoms with van der Waals surface area (Å²) >= 11 is 0. The van der Waals surface area contributed by atoms with E-state index in [1.807, 2.05) is 20.8 Å². The Morgan fingerprint density at radius 1 is 1.20 bits per heavy atom. The zero-order chi connectivity index (χ0) is 15.2. The van der Waals surface area contributed by atoms with Crippen molar-refractivity contribution in [3.63, 3.8) is 0 Å². The minimum atomic E-state index is -3.47. The van der Waals surface area contributed by atoms with Crippen LogP contribution in [0.5, 0.6) is 0 Å². The molecule has 1 aromatic heterocycles. The summed E-state index contributed by atoms with van der Waals surface area (Å²) in [6.45, 7) is 10.0. The van der Waals surface area contributed by atoms with Crippen molar-refractivity contribution in [3.05, 3.63) is 11.4 Å². The van der Waals surface area contributed by atoms with Gasteiger partial charge in [0.25, 0.3) is 0 Å². The highest BCUT2D eigenvalue weighted by molar-refractivity contribution is 7.89. The molecule has 0 aliphatic rings. The van der Waals surface area contributed by atoms with Gasteiger partial charge in [-0.3, -0.25) is 5.10 Å². The maximum Gasteiger partial charge on any atom is 0.246 e. The first kappa shape index (κ1) is 17.1. The van der Waals surface area contributed by atoms with Crippen LogP contribution < -0.4 is 5.32 Å². The normalized spacial score (nSPS) is 12.2. The highest BCUT2D eigenvalue weighted by atomic mass is 32.2. The lowest BCUT2D eigenvalue weighted by molar-refractivity contribution is 0.409. The van der Waals surface area contributed by atoms with Crippen molar-refractivity contribution >= 4 is 10.0 Å². The quantitative estimate of drug-likeness (QED) is 0.727. The molecule has 1 aromatic rings. The van der Waals surface area contributed by atoms with Gasteiger partial charge in [-0.05, 0) is 26.3 Å². The Bertz CT molecular complexity index is 504. The van der Waals surface area contributed by atoms with Crippen LogP contribution in [0.25, 0.3) is 0 Å². The van der Waals surface area contributed by atoms with Crippen LogP contribution in [0, 0.1) is 6.92 Å².